The summed E-state index contributed by atoms with van der Waals surface area (Å²) in [6.07, 6.45) is 0. The van der Waals surface area contributed by atoms with Crippen LogP contribution in [0.1, 0.15) is 10.4 Å². The van der Waals surface area contributed by atoms with Crippen molar-refractivity contribution in [3.8, 4) is 0 Å². The number of halogens is 4. The van der Waals surface area contributed by atoms with E-state index in [2.05, 4.69) is 5.32 Å². The highest BCUT2D eigenvalue weighted by Crippen LogP contribution is 2.23. The Balaban J connectivity index is 2.28. The van der Waals surface area contributed by atoms with Gasteiger partial charge in [0.2, 0.25) is 0 Å². The molecule has 2 nitrogen and oxygen atoms in total. The third-order valence-corrected chi connectivity index (χ3v) is 2.75. The van der Waals surface area contributed by atoms with E-state index < -0.39 is 23.1 Å². The second-order valence-electron chi connectivity index (χ2n) is 3.71. The summed E-state index contributed by atoms with van der Waals surface area (Å²) in [6.45, 7) is 0. The molecule has 2 rings (SSSR count). The highest BCUT2D eigenvalue weighted by molar-refractivity contribution is 6.35. The number of carbonyl (C=O) groups is 1. The van der Waals surface area contributed by atoms with Crippen LogP contribution in [0, 0.1) is 11.6 Å². The van der Waals surface area contributed by atoms with E-state index in [-0.39, 0.29) is 0 Å². The molecule has 0 aliphatic rings. The minimum Gasteiger partial charge on any atom is -0.322 e. The fourth-order valence-corrected chi connectivity index (χ4v) is 2.03. The highest BCUT2D eigenvalue weighted by atomic mass is 35.5. The fourth-order valence-electron chi connectivity index (χ4n) is 1.50. The first-order valence-corrected chi connectivity index (χ1v) is 5.94. The molecule has 0 bridgehead atoms. The van der Waals surface area contributed by atoms with Crippen molar-refractivity contribution in [2.75, 3.05) is 5.32 Å². The molecule has 0 aliphatic heterocycles. The number of amides is 1. The molecule has 0 fully saturated rings. The summed E-state index contributed by atoms with van der Waals surface area (Å²) in [5.41, 5.74) is -0.0951. The molecule has 0 atom stereocenters. The van der Waals surface area contributed by atoms with Crippen molar-refractivity contribution >= 4 is 34.8 Å². The minimum atomic E-state index is -1.20. The lowest BCUT2D eigenvalue weighted by Gasteiger charge is -2.07. The van der Waals surface area contributed by atoms with E-state index in [9.17, 15) is 13.6 Å². The fraction of sp³-hybridized carbons (Fsp3) is 0. The minimum absolute atomic E-state index is 0.297. The summed E-state index contributed by atoms with van der Waals surface area (Å²) in [5, 5.41) is 3.04. The van der Waals surface area contributed by atoms with Gasteiger partial charge in [-0.2, -0.15) is 0 Å². The van der Waals surface area contributed by atoms with Crippen molar-refractivity contribution in [3.63, 3.8) is 0 Å². The third kappa shape index (κ3) is 3.22. The zero-order valence-electron chi connectivity index (χ0n) is 9.38. The molecule has 0 heterocycles. The SMILES string of the molecule is O=C(Nc1cc(Cl)cc(Cl)c1)c1cccc(F)c1F. The summed E-state index contributed by atoms with van der Waals surface area (Å²) in [5.74, 6) is -3.07. The van der Waals surface area contributed by atoms with E-state index in [1.54, 1.807) is 0 Å². The Kier molecular flexibility index (Phi) is 4.02. The normalized spacial score (nSPS) is 10.3. The van der Waals surface area contributed by atoms with Crippen molar-refractivity contribution in [1.29, 1.82) is 0 Å². The van der Waals surface area contributed by atoms with E-state index in [1.807, 2.05) is 0 Å². The van der Waals surface area contributed by atoms with E-state index in [4.69, 9.17) is 23.2 Å². The lowest BCUT2D eigenvalue weighted by Crippen LogP contribution is -2.14. The van der Waals surface area contributed by atoms with Crippen molar-refractivity contribution in [3.05, 3.63) is 63.6 Å². The lowest BCUT2D eigenvalue weighted by molar-refractivity contribution is 0.102. The number of nitrogens with one attached hydrogen (secondary N) is 1. The van der Waals surface area contributed by atoms with Gasteiger partial charge < -0.3 is 5.32 Å². The van der Waals surface area contributed by atoms with Gasteiger partial charge in [-0.1, -0.05) is 29.3 Å². The van der Waals surface area contributed by atoms with Crippen LogP contribution >= 0.6 is 23.2 Å². The van der Waals surface area contributed by atoms with Crippen LogP contribution in [0.4, 0.5) is 14.5 Å². The first-order valence-electron chi connectivity index (χ1n) is 5.19. The second kappa shape index (κ2) is 5.55. The van der Waals surface area contributed by atoms with Gasteiger partial charge in [-0.25, -0.2) is 8.78 Å². The zero-order chi connectivity index (χ0) is 14.0. The predicted octanol–water partition coefficient (Wildman–Crippen LogP) is 4.52. The summed E-state index contributed by atoms with van der Waals surface area (Å²) in [7, 11) is 0. The molecule has 1 N–H and O–H groups in total. The van der Waals surface area contributed by atoms with Gasteiger partial charge in [-0.3, -0.25) is 4.79 Å². The molecule has 98 valence electrons. The average molecular weight is 302 g/mol. The van der Waals surface area contributed by atoms with Gasteiger partial charge in [0, 0.05) is 15.7 Å². The van der Waals surface area contributed by atoms with Crippen LogP contribution in [-0.4, -0.2) is 5.91 Å². The van der Waals surface area contributed by atoms with Crippen LogP contribution in [-0.2, 0) is 0 Å². The quantitative estimate of drug-likeness (QED) is 0.868. The number of anilines is 1. The molecule has 2 aromatic carbocycles. The summed E-state index contributed by atoms with van der Waals surface area (Å²) >= 11 is 11.5. The van der Waals surface area contributed by atoms with Crippen molar-refractivity contribution < 1.29 is 13.6 Å². The van der Waals surface area contributed by atoms with Crippen LogP contribution in [0.5, 0.6) is 0 Å². The molecule has 0 spiro atoms. The van der Waals surface area contributed by atoms with Gasteiger partial charge >= 0.3 is 0 Å². The van der Waals surface area contributed by atoms with E-state index >= 15 is 0 Å². The van der Waals surface area contributed by atoms with Crippen LogP contribution in [0.3, 0.4) is 0 Å². The molecule has 0 aliphatic carbocycles. The highest BCUT2D eigenvalue weighted by Gasteiger charge is 2.15. The van der Waals surface area contributed by atoms with E-state index in [0.29, 0.717) is 15.7 Å². The number of rotatable bonds is 2. The lowest BCUT2D eigenvalue weighted by atomic mass is 10.2. The second-order valence-corrected chi connectivity index (χ2v) is 4.59. The molecule has 0 radical (unpaired) electrons. The van der Waals surface area contributed by atoms with Crippen molar-refractivity contribution in [1.82, 2.24) is 0 Å². The maximum absolute atomic E-state index is 13.4. The Morgan fingerprint density at radius 2 is 1.68 bits per heavy atom. The van der Waals surface area contributed by atoms with Crippen LogP contribution in [0.25, 0.3) is 0 Å². The van der Waals surface area contributed by atoms with Gasteiger partial charge in [0.15, 0.2) is 11.6 Å². The summed E-state index contributed by atoms with van der Waals surface area (Å²) in [6, 6.07) is 7.74. The number of carbonyl (C=O) groups excluding carboxylic acids is 1. The van der Waals surface area contributed by atoms with Gasteiger partial charge in [-0.15, -0.1) is 0 Å². The molecule has 6 heteroatoms. The van der Waals surface area contributed by atoms with Gasteiger partial charge in [0.1, 0.15) is 0 Å². The predicted molar refractivity (Wildman–Crippen MR) is 70.8 cm³/mol. The first-order chi connectivity index (χ1) is 8.97. The Hall–Kier alpha value is -1.65. The average Bonchev–Trinajstić information content (AvgIpc) is 2.31. The molecule has 0 saturated carbocycles. The molecule has 1 amide bonds. The first kappa shape index (κ1) is 13.8. The van der Waals surface area contributed by atoms with Crippen LogP contribution in [0.2, 0.25) is 10.0 Å². The Morgan fingerprint density at radius 3 is 2.32 bits per heavy atom. The largest absolute Gasteiger partial charge is 0.322 e. The summed E-state index contributed by atoms with van der Waals surface area (Å²) < 4.78 is 26.4. The molecular formula is C13H7Cl2F2NO. The number of hydrogen-bond donors (Lipinski definition) is 1. The maximum atomic E-state index is 13.4. The molecular weight excluding hydrogens is 295 g/mol. The van der Waals surface area contributed by atoms with Crippen molar-refractivity contribution in [2.45, 2.75) is 0 Å². The van der Waals surface area contributed by atoms with E-state index in [0.717, 1.165) is 6.07 Å². The Morgan fingerprint density at radius 1 is 1.05 bits per heavy atom. The van der Waals surface area contributed by atoms with Gasteiger partial charge in [-0.05, 0) is 30.3 Å². The van der Waals surface area contributed by atoms with Crippen LogP contribution in [0.15, 0.2) is 36.4 Å². The molecule has 0 saturated heterocycles. The topological polar surface area (TPSA) is 29.1 Å². The Bertz CT molecular complexity index is 626. The van der Waals surface area contributed by atoms with Gasteiger partial charge in [0.05, 0.1) is 5.56 Å². The molecule has 0 unspecified atom stereocenters. The summed E-state index contributed by atoms with van der Waals surface area (Å²) in [4.78, 5) is 11.8. The van der Waals surface area contributed by atoms with E-state index in [1.165, 1.54) is 30.3 Å². The van der Waals surface area contributed by atoms with Crippen molar-refractivity contribution in [2.24, 2.45) is 0 Å². The van der Waals surface area contributed by atoms with Gasteiger partial charge in [0.25, 0.3) is 5.91 Å². The molecule has 2 aromatic rings. The van der Waals surface area contributed by atoms with Crippen LogP contribution < -0.4 is 5.32 Å². The number of hydrogen-bond acceptors (Lipinski definition) is 1. The molecule has 19 heavy (non-hydrogen) atoms. The monoisotopic (exact) mass is 301 g/mol. The smallest absolute Gasteiger partial charge is 0.258 e. The standard InChI is InChI=1S/C13H7Cl2F2NO/c14-7-4-8(15)6-9(5-7)18-13(19)10-2-1-3-11(16)12(10)17/h1-6H,(H,18,19). The maximum Gasteiger partial charge on any atom is 0.258 e. The number of benzene rings is 2. The Labute approximate surface area is 118 Å². The molecule has 0 aromatic heterocycles. The zero-order valence-corrected chi connectivity index (χ0v) is 10.9. The third-order valence-electron chi connectivity index (χ3n) is 2.32.